The Morgan fingerprint density at radius 1 is 1.15 bits per heavy atom. The van der Waals surface area contributed by atoms with Crippen LogP contribution in [0.2, 0.25) is 0 Å². The van der Waals surface area contributed by atoms with Crippen LogP contribution in [0.3, 0.4) is 0 Å². The van der Waals surface area contributed by atoms with Gasteiger partial charge in [0.25, 0.3) is 5.91 Å². The molecule has 0 bridgehead atoms. The van der Waals surface area contributed by atoms with Crippen LogP contribution in [0.15, 0.2) is 59.6 Å². The maximum atomic E-state index is 13.9. The fraction of sp³-hybridized carbons (Fsp3) is 0.367. The lowest BCUT2D eigenvalue weighted by Crippen LogP contribution is -2.45. The molecule has 7 nitrogen and oxygen atoms in total. The minimum absolute atomic E-state index is 0.175. The Morgan fingerprint density at radius 3 is 2.54 bits per heavy atom. The van der Waals surface area contributed by atoms with E-state index in [9.17, 15) is 22.8 Å². The lowest BCUT2D eigenvalue weighted by atomic mass is 9.94. The van der Waals surface area contributed by atoms with Crippen molar-refractivity contribution in [2.75, 3.05) is 31.5 Å². The van der Waals surface area contributed by atoms with Crippen LogP contribution in [0.25, 0.3) is 5.69 Å². The zero-order valence-corrected chi connectivity index (χ0v) is 24.4. The van der Waals surface area contributed by atoms with Gasteiger partial charge < -0.3 is 15.1 Å². The van der Waals surface area contributed by atoms with Crippen molar-refractivity contribution in [1.29, 1.82) is 0 Å². The molecule has 0 saturated carbocycles. The SMILES string of the molecule is C=CC(=O)N1CCc2nn(-c3ccc(C(C)C)cc3)c3c2[C@@H](C1)N(C(=O)c1ccc(Br)c(NCC(F)(F)F)c1)CC3. The van der Waals surface area contributed by atoms with Crippen molar-refractivity contribution in [3.63, 3.8) is 0 Å². The molecule has 41 heavy (non-hydrogen) atoms. The average Bonchev–Trinajstić information content (AvgIpc) is 3.21. The second kappa shape index (κ2) is 11.3. The number of carbonyl (C=O) groups excluding carboxylic acids is 2. The van der Waals surface area contributed by atoms with Crippen LogP contribution in [0.1, 0.15) is 58.7 Å². The van der Waals surface area contributed by atoms with E-state index in [1.807, 2.05) is 4.68 Å². The number of halogens is 4. The highest BCUT2D eigenvalue weighted by Gasteiger charge is 2.40. The lowest BCUT2D eigenvalue weighted by molar-refractivity contribution is -0.126. The first-order valence-corrected chi connectivity index (χ1v) is 14.3. The fourth-order valence-electron chi connectivity index (χ4n) is 5.54. The summed E-state index contributed by atoms with van der Waals surface area (Å²) >= 11 is 3.27. The molecule has 1 N–H and O–H groups in total. The van der Waals surface area contributed by atoms with Gasteiger partial charge in [0.05, 0.1) is 23.1 Å². The minimum atomic E-state index is -4.41. The second-order valence-electron chi connectivity index (χ2n) is 10.6. The number of aromatic nitrogens is 2. The molecule has 11 heteroatoms. The summed E-state index contributed by atoms with van der Waals surface area (Å²) in [6, 6.07) is 12.4. The molecule has 1 atom stereocenters. The van der Waals surface area contributed by atoms with E-state index in [0.717, 1.165) is 22.6 Å². The number of benzene rings is 2. The Balaban J connectivity index is 1.52. The molecule has 3 aromatic rings. The van der Waals surface area contributed by atoms with Gasteiger partial charge in [-0.2, -0.15) is 18.3 Å². The van der Waals surface area contributed by atoms with Crippen LogP contribution in [0.5, 0.6) is 0 Å². The summed E-state index contributed by atoms with van der Waals surface area (Å²) in [6.45, 7) is 7.75. The molecule has 2 amide bonds. The zero-order valence-electron chi connectivity index (χ0n) is 22.8. The van der Waals surface area contributed by atoms with E-state index in [1.165, 1.54) is 17.7 Å². The largest absolute Gasteiger partial charge is 0.405 e. The smallest absolute Gasteiger partial charge is 0.376 e. The second-order valence-corrected chi connectivity index (χ2v) is 11.5. The highest BCUT2D eigenvalue weighted by Crippen LogP contribution is 2.38. The van der Waals surface area contributed by atoms with E-state index >= 15 is 0 Å². The standard InChI is InChI=1S/C30H31BrF3N5O2/c1-4-27(40)37-13-11-23-28-25(39(36-23)21-8-5-19(6-9-21)18(2)3)12-14-38(26(28)16-37)29(41)20-7-10-22(31)24(15-20)35-17-30(32,33)34/h4-10,15,18,26,35H,1,11-14,16-17H2,2-3H3/t26-/m1/s1. The lowest BCUT2D eigenvalue weighted by Gasteiger charge is -2.38. The first-order valence-electron chi connectivity index (χ1n) is 13.5. The monoisotopic (exact) mass is 629 g/mol. The van der Waals surface area contributed by atoms with Crippen LogP contribution >= 0.6 is 15.9 Å². The Morgan fingerprint density at radius 2 is 1.88 bits per heavy atom. The van der Waals surface area contributed by atoms with Gasteiger partial charge in [-0.1, -0.05) is 32.6 Å². The molecule has 0 unspecified atom stereocenters. The number of rotatable bonds is 6. The van der Waals surface area contributed by atoms with Crippen molar-refractivity contribution in [3.8, 4) is 5.69 Å². The van der Waals surface area contributed by atoms with Crippen molar-refractivity contribution in [1.82, 2.24) is 19.6 Å². The summed E-state index contributed by atoms with van der Waals surface area (Å²) in [5.41, 5.74) is 5.36. The molecular weight excluding hydrogens is 599 g/mol. The Hall–Kier alpha value is -3.60. The Labute approximate surface area is 245 Å². The molecule has 0 aliphatic carbocycles. The van der Waals surface area contributed by atoms with E-state index in [-0.39, 0.29) is 29.6 Å². The predicted molar refractivity (Wildman–Crippen MR) is 154 cm³/mol. The Bertz CT molecular complexity index is 1480. The zero-order chi connectivity index (χ0) is 29.5. The van der Waals surface area contributed by atoms with Gasteiger partial charge >= 0.3 is 6.18 Å². The first kappa shape index (κ1) is 28.9. The van der Waals surface area contributed by atoms with Gasteiger partial charge in [0.15, 0.2) is 0 Å². The summed E-state index contributed by atoms with van der Waals surface area (Å²) in [5, 5.41) is 7.33. The summed E-state index contributed by atoms with van der Waals surface area (Å²) in [5.74, 6) is -0.151. The quantitative estimate of drug-likeness (QED) is 0.337. The van der Waals surface area contributed by atoms with Crippen LogP contribution in [-0.4, -0.2) is 63.7 Å². The third kappa shape index (κ3) is 5.91. The number of alkyl halides is 3. The maximum absolute atomic E-state index is 13.9. The van der Waals surface area contributed by atoms with Crippen LogP contribution in [-0.2, 0) is 17.6 Å². The molecule has 216 valence electrons. The normalized spacial score (nSPS) is 16.8. The van der Waals surface area contributed by atoms with Crippen LogP contribution < -0.4 is 5.32 Å². The first-order chi connectivity index (χ1) is 19.5. The summed E-state index contributed by atoms with van der Waals surface area (Å²) in [7, 11) is 0. The number of carbonyl (C=O) groups is 2. The molecule has 3 heterocycles. The number of hydrogen-bond acceptors (Lipinski definition) is 4. The van der Waals surface area contributed by atoms with Gasteiger partial charge in [-0.15, -0.1) is 0 Å². The number of nitrogens with zero attached hydrogens (tertiary/aromatic N) is 4. The van der Waals surface area contributed by atoms with Crippen molar-refractivity contribution >= 4 is 33.4 Å². The van der Waals surface area contributed by atoms with Gasteiger partial charge in [0, 0.05) is 53.8 Å². The maximum Gasteiger partial charge on any atom is 0.405 e. The van der Waals surface area contributed by atoms with Crippen molar-refractivity contribution in [2.45, 2.75) is 44.8 Å². The molecule has 0 spiro atoms. The average molecular weight is 631 g/mol. The van der Waals surface area contributed by atoms with Gasteiger partial charge in [0.1, 0.15) is 6.54 Å². The number of anilines is 1. The third-order valence-electron chi connectivity index (χ3n) is 7.65. The fourth-order valence-corrected chi connectivity index (χ4v) is 5.92. The molecule has 2 aliphatic heterocycles. The van der Waals surface area contributed by atoms with E-state index in [0.29, 0.717) is 36.3 Å². The van der Waals surface area contributed by atoms with Crippen LogP contribution in [0.4, 0.5) is 18.9 Å². The van der Waals surface area contributed by atoms with Gasteiger partial charge in [-0.25, -0.2) is 4.68 Å². The molecule has 0 fully saturated rings. The number of hydrogen-bond donors (Lipinski definition) is 1. The van der Waals surface area contributed by atoms with E-state index in [4.69, 9.17) is 5.10 Å². The highest BCUT2D eigenvalue weighted by atomic mass is 79.9. The van der Waals surface area contributed by atoms with Gasteiger partial charge in [-0.05, 0) is 63.8 Å². The Kier molecular flexibility index (Phi) is 8.00. The van der Waals surface area contributed by atoms with Crippen molar-refractivity contribution in [3.05, 3.63) is 87.7 Å². The van der Waals surface area contributed by atoms with Gasteiger partial charge in [0.2, 0.25) is 5.91 Å². The van der Waals surface area contributed by atoms with Crippen molar-refractivity contribution in [2.24, 2.45) is 0 Å². The highest BCUT2D eigenvalue weighted by molar-refractivity contribution is 9.10. The van der Waals surface area contributed by atoms with E-state index < -0.39 is 18.8 Å². The molecule has 2 aliphatic rings. The molecule has 1 aromatic heterocycles. The van der Waals surface area contributed by atoms with Gasteiger partial charge in [-0.3, -0.25) is 9.59 Å². The molecular formula is C30H31BrF3N5O2. The topological polar surface area (TPSA) is 70.5 Å². The summed E-state index contributed by atoms with van der Waals surface area (Å²) < 4.78 is 40.9. The molecule has 2 aromatic carbocycles. The van der Waals surface area contributed by atoms with Crippen molar-refractivity contribution < 1.29 is 22.8 Å². The molecule has 5 rings (SSSR count). The summed E-state index contributed by atoms with van der Waals surface area (Å²) in [6.07, 6.45) is -2.07. The number of nitrogens with one attached hydrogen (secondary N) is 1. The molecule has 0 saturated heterocycles. The summed E-state index contributed by atoms with van der Waals surface area (Å²) in [4.78, 5) is 30.0. The molecule has 0 radical (unpaired) electrons. The predicted octanol–water partition coefficient (Wildman–Crippen LogP) is 6.04. The minimum Gasteiger partial charge on any atom is -0.376 e. The van der Waals surface area contributed by atoms with Crippen LogP contribution in [0, 0.1) is 0 Å². The van der Waals surface area contributed by atoms with E-state index in [2.05, 4.69) is 65.9 Å². The number of amides is 2. The third-order valence-corrected chi connectivity index (χ3v) is 8.34. The van der Waals surface area contributed by atoms with E-state index in [1.54, 1.807) is 21.9 Å².